The second-order valence-corrected chi connectivity index (χ2v) is 10.2. The number of aryl methyl sites for hydroxylation is 2. The van der Waals surface area contributed by atoms with Crippen LogP contribution in [0.25, 0.3) is 6.08 Å². The first-order valence-corrected chi connectivity index (χ1v) is 13.3. The molecular formula is C30H30FN3OS. The number of benzene rings is 3. The number of rotatable bonds is 7. The van der Waals surface area contributed by atoms with E-state index in [9.17, 15) is 4.79 Å². The summed E-state index contributed by atoms with van der Waals surface area (Å²) in [6.45, 7) is 4.34. The van der Waals surface area contributed by atoms with Gasteiger partial charge in [0.15, 0.2) is 5.17 Å². The van der Waals surface area contributed by atoms with Crippen LogP contribution in [0.4, 0.5) is 15.8 Å². The number of aliphatic imine (C=N–C) groups is 1. The molecule has 5 rings (SSSR count). The monoisotopic (exact) mass is 499 g/mol. The molecule has 4 nitrogen and oxygen atoms in total. The average Bonchev–Trinajstić information content (AvgIpc) is 3.52. The Kier molecular flexibility index (Phi) is 7.52. The summed E-state index contributed by atoms with van der Waals surface area (Å²) in [6.07, 6.45) is 5.72. The van der Waals surface area contributed by atoms with Crippen LogP contribution < -0.4 is 4.90 Å². The maximum absolute atomic E-state index is 15.0. The highest BCUT2D eigenvalue weighted by Gasteiger charge is 2.33. The SMILES string of the molecule is Cc1cc(N2CCCC2)c(F)cc1C=C1SC(=Nc2ccccc2)N(CCCc2ccccc2)C1=O. The molecule has 0 spiro atoms. The number of para-hydroxylation sites is 1. The number of amidine groups is 1. The third-order valence-electron chi connectivity index (χ3n) is 6.63. The van der Waals surface area contributed by atoms with Gasteiger partial charge in [0.25, 0.3) is 5.91 Å². The van der Waals surface area contributed by atoms with Crippen LogP contribution in [0.2, 0.25) is 0 Å². The molecule has 2 fully saturated rings. The van der Waals surface area contributed by atoms with Crippen LogP contribution in [0.5, 0.6) is 0 Å². The molecule has 0 unspecified atom stereocenters. The number of amides is 1. The van der Waals surface area contributed by atoms with Crippen LogP contribution in [0.3, 0.4) is 0 Å². The number of hydrogen-bond acceptors (Lipinski definition) is 4. The second kappa shape index (κ2) is 11.1. The van der Waals surface area contributed by atoms with Crippen LogP contribution in [0.15, 0.2) is 82.7 Å². The molecule has 0 radical (unpaired) electrons. The third-order valence-corrected chi connectivity index (χ3v) is 7.63. The minimum Gasteiger partial charge on any atom is -0.369 e. The van der Waals surface area contributed by atoms with E-state index in [-0.39, 0.29) is 11.7 Å². The zero-order valence-corrected chi connectivity index (χ0v) is 21.3. The Hall–Kier alpha value is -3.38. The van der Waals surface area contributed by atoms with Crippen molar-refractivity contribution in [3.8, 4) is 0 Å². The topological polar surface area (TPSA) is 35.9 Å². The maximum atomic E-state index is 15.0. The molecule has 3 aromatic rings. The predicted molar refractivity (Wildman–Crippen MR) is 148 cm³/mol. The lowest BCUT2D eigenvalue weighted by atomic mass is 10.1. The van der Waals surface area contributed by atoms with Crippen molar-refractivity contribution in [2.75, 3.05) is 24.5 Å². The number of halogens is 1. The molecule has 2 heterocycles. The van der Waals surface area contributed by atoms with Gasteiger partial charge in [-0.1, -0.05) is 48.5 Å². The summed E-state index contributed by atoms with van der Waals surface area (Å²) in [5, 5.41) is 0.664. The highest BCUT2D eigenvalue weighted by molar-refractivity contribution is 8.18. The summed E-state index contributed by atoms with van der Waals surface area (Å²) in [4.78, 5) is 22.7. The number of carbonyl (C=O) groups is 1. The highest BCUT2D eigenvalue weighted by Crippen LogP contribution is 2.36. The van der Waals surface area contributed by atoms with Crippen molar-refractivity contribution in [2.24, 2.45) is 4.99 Å². The largest absolute Gasteiger partial charge is 0.369 e. The van der Waals surface area contributed by atoms with Crippen molar-refractivity contribution in [3.63, 3.8) is 0 Å². The molecule has 6 heteroatoms. The van der Waals surface area contributed by atoms with Gasteiger partial charge in [0.1, 0.15) is 5.82 Å². The number of thioether (sulfide) groups is 1. The molecule has 3 aromatic carbocycles. The third kappa shape index (κ3) is 5.54. The molecule has 0 atom stereocenters. The Bertz CT molecular complexity index is 1280. The lowest BCUT2D eigenvalue weighted by molar-refractivity contribution is -0.122. The average molecular weight is 500 g/mol. The Balaban J connectivity index is 1.40. The molecule has 2 aliphatic heterocycles. The lowest BCUT2D eigenvalue weighted by Crippen LogP contribution is -2.30. The van der Waals surface area contributed by atoms with Gasteiger partial charge < -0.3 is 4.90 Å². The number of hydrogen-bond donors (Lipinski definition) is 0. The molecule has 36 heavy (non-hydrogen) atoms. The van der Waals surface area contributed by atoms with Gasteiger partial charge in [-0.05, 0) is 91.4 Å². The first kappa shape index (κ1) is 24.3. The quantitative estimate of drug-likeness (QED) is 0.329. The molecule has 0 aromatic heterocycles. The summed E-state index contributed by atoms with van der Waals surface area (Å²) in [5.74, 6) is -0.311. The first-order chi connectivity index (χ1) is 17.6. The van der Waals surface area contributed by atoms with E-state index >= 15 is 4.39 Å². The Morgan fingerprint density at radius 1 is 1.00 bits per heavy atom. The molecule has 2 saturated heterocycles. The van der Waals surface area contributed by atoms with Crippen LogP contribution in [-0.4, -0.2) is 35.6 Å². The van der Waals surface area contributed by atoms with Gasteiger partial charge >= 0.3 is 0 Å². The fourth-order valence-corrected chi connectivity index (χ4v) is 5.68. The van der Waals surface area contributed by atoms with Gasteiger partial charge in [0.05, 0.1) is 16.3 Å². The normalized spacial score (nSPS) is 18.1. The van der Waals surface area contributed by atoms with Gasteiger partial charge in [-0.15, -0.1) is 0 Å². The standard InChI is InChI=1S/C30H30FN3OS/c1-22-19-27(33-16-8-9-17-33)26(31)20-24(22)21-28-29(35)34(18-10-13-23-11-4-2-5-12-23)30(36-28)32-25-14-6-3-7-15-25/h2-7,11-12,14-15,19-21H,8-10,13,16-18H2,1H3. The Labute approximate surface area is 216 Å². The van der Waals surface area contributed by atoms with Gasteiger partial charge in [0, 0.05) is 19.6 Å². The zero-order valence-electron chi connectivity index (χ0n) is 20.5. The molecular weight excluding hydrogens is 469 g/mol. The van der Waals surface area contributed by atoms with E-state index in [0.29, 0.717) is 22.3 Å². The Morgan fingerprint density at radius 2 is 1.69 bits per heavy atom. The summed E-state index contributed by atoms with van der Waals surface area (Å²) in [5.41, 5.74) is 4.41. The van der Waals surface area contributed by atoms with Crippen molar-refractivity contribution in [2.45, 2.75) is 32.6 Å². The van der Waals surface area contributed by atoms with E-state index in [0.717, 1.165) is 55.6 Å². The van der Waals surface area contributed by atoms with Gasteiger partial charge in [-0.25, -0.2) is 9.38 Å². The van der Waals surface area contributed by atoms with Gasteiger partial charge in [-0.2, -0.15) is 0 Å². The smallest absolute Gasteiger partial charge is 0.266 e. The van der Waals surface area contributed by atoms with E-state index in [2.05, 4.69) is 17.0 Å². The molecule has 0 saturated carbocycles. The van der Waals surface area contributed by atoms with E-state index < -0.39 is 0 Å². The summed E-state index contributed by atoms with van der Waals surface area (Å²) in [6, 6.07) is 23.4. The van der Waals surface area contributed by atoms with Crippen LogP contribution >= 0.6 is 11.8 Å². The van der Waals surface area contributed by atoms with Crippen molar-refractivity contribution in [1.29, 1.82) is 0 Å². The van der Waals surface area contributed by atoms with Crippen LogP contribution in [-0.2, 0) is 11.2 Å². The number of anilines is 1. The van der Waals surface area contributed by atoms with Crippen LogP contribution in [0.1, 0.15) is 36.0 Å². The fraction of sp³-hybridized carbons (Fsp3) is 0.267. The summed E-state index contributed by atoms with van der Waals surface area (Å²) < 4.78 is 15.0. The fourth-order valence-electron chi connectivity index (χ4n) is 4.67. The molecule has 0 aliphatic carbocycles. The van der Waals surface area contributed by atoms with Crippen molar-refractivity contribution < 1.29 is 9.18 Å². The summed E-state index contributed by atoms with van der Waals surface area (Å²) >= 11 is 1.36. The molecule has 0 N–H and O–H groups in total. The first-order valence-electron chi connectivity index (χ1n) is 12.5. The number of carbonyl (C=O) groups excluding carboxylic acids is 1. The summed E-state index contributed by atoms with van der Waals surface area (Å²) in [7, 11) is 0. The minimum atomic E-state index is -0.234. The lowest BCUT2D eigenvalue weighted by Gasteiger charge is -2.19. The zero-order chi connectivity index (χ0) is 24.9. The van der Waals surface area contributed by atoms with E-state index in [4.69, 9.17) is 4.99 Å². The van der Waals surface area contributed by atoms with E-state index in [1.807, 2.05) is 67.6 Å². The van der Waals surface area contributed by atoms with Gasteiger partial charge in [-0.3, -0.25) is 9.69 Å². The predicted octanol–water partition coefficient (Wildman–Crippen LogP) is 6.97. The molecule has 1 amide bonds. The molecule has 2 aliphatic rings. The molecule has 0 bridgehead atoms. The second-order valence-electron chi connectivity index (χ2n) is 9.24. The Morgan fingerprint density at radius 3 is 2.42 bits per heavy atom. The van der Waals surface area contributed by atoms with Crippen molar-refractivity contribution in [3.05, 3.63) is 100 Å². The molecule has 184 valence electrons. The van der Waals surface area contributed by atoms with E-state index in [1.54, 1.807) is 11.0 Å². The van der Waals surface area contributed by atoms with E-state index in [1.165, 1.54) is 17.3 Å². The number of nitrogens with zero attached hydrogens (tertiary/aromatic N) is 3. The van der Waals surface area contributed by atoms with Gasteiger partial charge in [0.2, 0.25) is 0 Å². The minimum absolute atomic E-state index is 0.0776. The van der Waals surface area contributed by atoms with Crippen molar-refractivity contribution >= 4 is 40.3 Å². The highest BCUT2D eigenvalue weighted by atomic mass is 32.2. The van der Waals surface area contributed by atoms with Crippen molar-refractivity contribution in [1.82, 2.24) is 4.90 Å². The maximum Gasteiger partial charge on any atom is 0.266 e. The van der Waals surface area contributed by atoms with Crippen LogP contribution in [0, 0.1) is 12.7 Å².